The van der Waals surface area contributed by atoms with Crippen LogP contribution in [0.25, 0.3) is 0 Å². The SMILES string of the molecule is CC(OC(=O)C(O)C(C)(C)O)C(=O)O. The third-order valence-corrected chi connectivity index (χ3v) is 1.53. The number of carboxylic acids is 1. The maximum atomic E-state index is 11.0. The molecular weight excluding hydrogens is 192 g/mol. The lowest BCUT2D eigenvalue weighted by Gasteiger charge is -2.23. The van der Waals surface area contributed by atoms with Gasteiger partial charge in [0.25, 0.3) is 0 Å². The summed E-state index contributed by atoms with van der Waals surface area (Å²) < 4.78 is 4.35. The van der Waals surface area contributed by atoms with E-state index in [1.165, 1.54) is 13.8 Å². The lowest BCUT2D eigenvalue weighted by Crippen LogP contribution is -2.44. The molecule has 0 bridgehead atoms. The van der Waals surface area contributed by atoms with Crippen molar-refractivity contribution in [2.24, 2.45) is 0 Å². The standard InChI is InChI=1S/C8H14O6/c1-4(6(10)11)14-7(12)5(9)8(2,3)13/h4-5,9,13H,1-3H3,(H,10,11). The molecule has 2 atom stereocenters. The van der Waals surface area contributed by atoms with E-state index in [2.05, 4.69) is 4.74 Å². The number of hydrogen-bond acceptors (Lipinski definition) is 5. The molecule has 0 aliphatic carbocycles. The molecule has 6 nitrogen and oxygen atoms in total. The van der Waals surface area contributed by atoms with Crippen molar-refractivity contribution in [1.29, 1.82) is 0 Å². The Kier molecular flexibility index (Phi) is 4.03. The first-order chi connectivity index (χ1) is 6.16. The number of carbonyl (C=O) groups is 2. The van der Waals surface area contributed by atoms with Gasteiger partial charge < -0.3 is 20.1 Å². The van der Waals surface area contributed by atoms with E-state index >= 15 is 0 Å². The molecule has 82 valence electrons. The molecule has 6 heteroatoms. The summed E-state index contributed by atoms with van der Waals surface area (Å²) in [6, 6.07) is 0. The second-order valence-corrected chi connectivity index (χ2v) is 3.47. The van der Waals surface area contributed by atoms with Gasteiger partial charge >= 0.3 is 11.9 Å². The maximum Gasteiger partial charge on any atom is 0.344 e. The van der Waals surface area contributed by atoms with Crippen molar-refractivity contribution in [2.75, 3.05) is 0 Å². The number of carbonyl (C=O) groups excluding carboxylic acids is 1. The van der Waals surface area contributed by atoms with Crippen LogP contribution in [0.4, 0.5) is 0 Å². The number of ether oxygens (including phenoxy) is 1. The van der Waals surface area contributed by atoms with E-state index in [-0.39, 0.29) is 0 Å². The quantitative estimate of drug-likeness (QED) is 0.517. The third-order valence-electron chi connectivity index (χ3n) is 1.53. The van der Waals surface area contributed by atoms with Crippen LogP contribution in [0.5, 0.6) is 0 Å². The van der Waals surface area contributed by atoms with Crippen LogP contribution < -0.4 is 0 Å². The van der Waals surface area contributed by atoms with Crippen molar-refractivity contribution < 1.29 is 29.6 Å². The monoisotopic (exact) mass is 206 g/mol. The number of aliphatic hydroxyl groups excluding tert-OH is 1. The number of rotatable bonds is 4. The van der Waals surface area contributed by atoms with Gasteiger partial charge in [0.2, 0.25) is 0 Å². The van der Waals surface area contributed by atoms with Crippen molar-refractivity contribution in [1.82, 2.24) is 0 Å². The van der Waals surface area contributed by atoms with Gasteiger partial charge in [0.05, 0.1) is 5.60 Å². The highest BCUT2D eigenvalue weighted by Gasteiger charge is 2.34. The van der Waals surface area contributed by atoms with Crippen molar-refractivity contribution in [3.63, 3.8) is 0 Å². The van der Waals surface area contributed by atoms with Crippen LogP contribution in [0.2, 0.25) is 0 Å². The zero-order valence-corrected chi connectivity index (χ0v) is 8.22. The molecule has 0 radical (unpaired) electrons. The summed E-state index contributed by atoms with van der Waals surface area (Å²) in [6.45, 7) is 3.58. The Morgan fingerprint density at radius 2 is 1.79 bits per heavy atom. The predicted molar refractivity (Wildman–Crippen MR) is 45.5 cm³/mol. The molecule has 0 heterocycles. The molecule has 0 saturated heterocycles. The molecule has 0 aromatic carbocycles. The molecule has 0 aliphatic rings. The number of aliphatic hydroxyl groups is 2. The highest BCUT2D eigenvalue weighted by Crippen LogP contribution is 2.10. The fourth-order valence-electron chi connectivity index (χ4n) is 0.577. The van der Waals surface area contributed by atoms with Gasteiger partial charge in [-0.25, -0.2) is 9.59 Å². The zero-order chi connectivity index (χ0) is 11.5. The minimum atomic E-state index is -1.76. The molecule has 3 N–H and O–H groups in total. The number of hydrogen-bond donors (Lipinski definition) is 3. The van der Waals surface area contributed by atoms with Gasteiger partial charge in [-0.2, -0.15) is 0 Å². The van der Waals surface area contributed by atoms with Crippen LogP contribution >= 0.6 is 0 Å². The van der Waals surface area contributed by atoms with Crippen LogP contribution in [0.3, 0.4) is 0 Å². The average molecular weight is 206 g/mol. The molecule has 0 aromatic rings. The summed E-state index contributed by atoms with van der Waals surface area (Å²) in [7, 11) is 0. The Hall–Kier alpha value is -1.14. The first kappa shape index (κ1) is 12.9. The molecule has 0 spiro atoms. The summed E-state index contributed by atoms with van der Waals surface area (Å²) in [6.07, 6.45) is -3.11. The first-order valence-corrected chi connectivity index (χ1v) is 4.00. The summed E-state index contributed by atoms with van der Waals surface area (Å²) >= 11 is 0. The predicted octanol–water partition coefficient (Wildman–Crippen LogP) is -0.866. The van der Waals surface area contributed by atoms with Gasteiger partial charge in [0.1, 0.15) is 0 Å². The van der Waals surface area contributed by atoms with E-state index < -0.39 is 29.7 Å². The van der Waals surface area contributed by atoms with Crippen molar-refractivity contribution >= 4 is 11.9 Å². The summed E-state index contributed by atoms with van der Waals surface area (Å²) in [5.41, 5.74) is -1.66. The molecule has 0 aromatic heterocycles. The van der Waals surface area contributed by atoms with Gasteiger partial charge in [-0.05, 0) is 20.8 Å². The molecule has 0 rings (SSSR count). The minimum absolute atomic E-state index is 1.15. The lowest BCUT2D eigenvalue weighted by atomic mass is 10.0. The van der Waals surface area contributed by atoms with E-state index in [9.17, 15) is 14.7 Å². The number of carboxylic acid groups (broad SMARTS) is 1. The molecule has 2 unspecified atom stereocenters. The van der Waals surface area contributed by atoms with E-state index in [0.717, 1.165) is 6.92 Å². The minimum Gasteiger partial charge on any atom is -0.479 e. The normalized spacial score (nSPS) is 15.8. The Morgan fingerprint density at radius 3 is 2.07 bits per heavy atom. The third kappa shape index (κ3) is 3.71. The van der Waals surface area contributed by atoms with Crippen LogP contribution in [0.15, 0.2) is 0 Å². The second kappa shape index (κ2) is 4.39. The van der Waals surface area contributed by atoms with Crippen LogP contribution in [0.1, 0.15) is 20.8 Å². The highest BCUT2D eigenvalue weighted by atomic mass is 16.6. The van der Waals surface area contributed by atoms with E-state index in [0.29, 0.717) is 0 Å². The number of esters is 1. The van der Waals surface area contributed by atoms with Crippen molar-refractivity contribution in [2.45, 2.75) is 38.6 Å². The van der Waals surface area contributed by atoms with E-state index in [4.69, 9.17) is 10.2 Å². The Bertz CT molecular complexity index is 228. The fourth-order valence-corrected chi connectivity index (χ4v) is 0.577. The van der Waals surface area contributed by atoms with Gasteiger partial charge in [0.15, 0.2) is 12.2 Å². The van der Waals surface area contributed by atoms with Crippen LogP contribution in [0, 0.1) is 0 Å². The zero-order valence-electron chi connectivity index (χ0n) is 8.22. The average Bonchev–Trinajstić information content (AvgIpc) is 2.00. The Morgan fingerprint density at radius 1 is 1.36 bits per heavy atom. The molecule has 0 amide bonds. The Balaban J connectivity index is 4.29. The van der Waals surface area contributed by atoms with Gasteiger partial charge in [-0.15, -0.1) is 0 Å². The smallest absolute Gasteiger partial charge is 0.344 e. The molecule has 0 saturated carbocycles. The molecule has 14 heavy (non-hydrogen) atoms. The van der Waals surface area contributed by atoms with Gasteiger partial charge in [0, 0.05) is 0 Å². The topological polar surface area (TPSA) is 104 Å². The molecular formula is C8H14O6. The largest absolute Gasteiger partial charge is 0.479 e. The second-order valence-electron chi connectivity index (χ2n) is 3.47. The summed E-state index contributed by atoms with van der Waals surface area (Å²) in [5, 5.41) is 26.8. The van der Waals surface area contributed by atoms with Gasteiger partial charge in [-0.1, -0.05) is 0 Å². The Labute approximate surface area is 81.1 Å². The van der Waals surface area contributed by atoms with Crippen molar-refractivity contribution in [3.8, 4) is 0 Å². The highest BCUT2D eigenvalue weighted by molar-refractivity contribution is 5.80. The number of aliphatic carboxylic acids is 1. The van der Waals surface area contributed by atoms with E-state index in [1.54, 1.807) is 0 Å². The summed E-state index contributed by atoms with van der Waals surface area (Å²) in [4.78, 5) is 21.3. The van der Waals surface area contributed by atoms with E-state index in [1.807, 2.05) is 0 Å². The molecule has 0 aliphatic heterocycles. The fraction of sp³-hybridized carbons (Fsp3) is 0.750. The lowest BCUT2D eigenvalue weighted by molar-refractivity contribution is -0.177. The van der Waals surface area contributed by atoms with Crippen LogP contribution in [-0.2, 0) is 14.3 Å². The summed E-state index contributed by atoms with van der Waals surface area (Å²) in [5.74, 6) is -2.48. The first-order valence-electron chi connectivity index (χ1n) is 4.00. The molecule has 0 fully saturated rings. The van der Waals surface area contributed by atoms with Gasteiger partial charge in [-0.3, -0.25) is 0 Å². The maximum absolute atomic E-state index is 11.0. The van der Waals surface area contributed by atoms with Crippen LogP contribution in [-0.4, -0.2) is 45.1 Å². The van der Waals surface area contributed by atoms with Crippen molar-refractivity contribution in [3.05, 3.63) is 0 Å².